The minimum Gasteiger partial charge on any atom is -0.370 e. The fourth-order valence-corrected chi connectivity index (χ4v) is 1.73. The van der Waals surface area contributed by atoms with Crippen molar-refractivity contribution in [2.24, 2.45) is 5.92 Å². The molecule has 1 heterocycles. The summed E-state index contributed by atoms with van der Waals surface area (Å²) in [5.74, 6) is 1.52. The molecule has 1 fully saturated rings. The van der Waals surface area contributed by atoms with Crippen LogP contribution in [0.3, 0.4) is 0 Å². The van der Waals surface area contributed by atoms with Gasteiger partial charge in [-0.3, -0.25) is 0 Å². The maximum Gasteiger partial charge on any atom is 0.126 e. The SMILES string of the molecule is CC(C)CNc1cc(CNC2CC2)c(Cl)cn1. The van der Waals surface area contributed by atoms with Crippen molar-refractivity contribution >= 4 is 17.4 Å². The molecule has 2 rings (SSSR count). The zero-order valence-electron chi connectivity index (χ0n) is 10.5. The van der Waals surface area contributed by atoms with E-state index in [4.69, 9.17) is 11.6 Å². The number of hydrogen-bond donors (Lipinski definition) is 2. The first-order valence-electron chi connectivity index (χ1n) is 6.27. The van der Waals surface area contributed by atoms with E-state index < -0.39 is 0 Å². The molecule has 0 amide bonds. The van der Waals surface area contributed by atoms with Gasteiger partial charge < -0.3 is 10.6 Å². The van der Waals surface area contributed by atoms with Gasteiger partial charge >= 0.3 is 0 Å². The average Bonchev–Trinajstić information content (AvgIpc) is 3.10. The van der Waals surface area contributed by atoms with Gasteiger partial charge in [-0.1, -0.05) is 25.4 Å². The minimum absolute atomic E-state index is 0.612. The second-order valence-corrected chi connectivity index (χ2v) is 5.50. The normalized spacial score (nSPS) is 15.3. The molecule has 94 valence electrons. The van der Waals surface area contributed by atoms with Gasteiger partial charge in [0.25, 0.3) is 0 Å². The van der Waals surface area contributed by atoms with E-state index in [0.29, 0.717) is 12.0 Å². The van der Waals surface area contributed by atoms with Crippen molar-refractivity contribution in [3.05, 3.63) is 22.8 Å². The van der Waals surface area contributed by atoms with Gasteiger partial charge in [0, 0.05) is 25.3 Å². The lowest BCUT2D eigenvalue weighted by Gasteiger charge is -2.11. The highest BCUT2D eigenvalue weighted by Crippen LogP contribution is 2.22. The molecule has 3 nitrogen and oxygen atoms in total. The lowest BCUT2D eigenvalue weighted by atomic mass is 10.2. The molecule has 1 aromatic heterocycles. The number of pyridine rings is 1. The van der Waals surface area contributed by atoms with Crippen molar-refractivity contribution < 1.29 is 0 Å². The fourth-order valence-electron chi connectivity index (χ4n) is 1.56. The Kier molecular flexibility index (Phi) is 4.24. The lowest BCUT2D eigenvalue weighted by Crippen LogP contribution is -2.16. The van der Waals surface area contributed by atoms with Crippen LogP contribution in [0.2, 0.25) is 5.02 Å². The molecule has 0 spiro atoms. The molecule has 17 heavy (non-hydrogen) atoms. The predicted octanol–water partition coefficient (Wildman–Crippen LogP) is 3.05. The van der Waals surface area contributed by atoms with Gasteiger partial charge in [-0.05, 0) is 30.4 Å². The predicted molar refractivity (Wildman–Crippen MR) is 72.4 cm³/mol. The molecule has 0 bridgehead atoms. The van der Waals surface area contributed by atoms with Crippen molar-refractivity contribution in [2.45, 2.75) is 39.3 Å². The minimum atomic E-state index is 0.612. The number of rotatable bonds is 6. The van der Waals surface area contributed by atoms with Crippen LogP contribution in [0.4, 0.5) is 5.82 Å². The molecule has 0 atom stereocenters. The van der Waals surface area contributed by atoms with Gasteiger partial charge in [0.15, 0.2) is 0 Å². The van der Waals surface area contributed by atoms with Crippen LogP contribution in [0.5, 0.6) is 0 Å². The summed E-state index contributed by atoms with van der Waals surface area (Å²) in [6, 6.07) is 2.74. The van der Waals surface area contributed by atoms with E-state index in [1.165, 1.54) is 12.8 Å². The molecular weight excluding hydrogens is 234 g/mol. The van der Waals surface area contributed by atoms with E-state index in [0.717, 1.165) is 29.5 Å². The topological polar surface area (TPSA) is 37.0 Å². The number of hydrogen-bond acceptors (Lipinski definition) is 3. The van der Waals surface area contributed by atoms with Crippen molar-refractivity contribution in [3.63, 3.8) is 0 Å². The highest BCUT2D eigenvalue weighted by Gasteiger charge is 2.20. The number of nitrogens with zero attached hydrogens (tertiary/aromatic N) is 1. The van der Waals surface area contributed by atoms with E-state index in [-0.39, 0.29) is 0 Å². The Morgan fingerprint density at radius 2 is 2.24 bits per heavy atom. The molecule has 0 aliphatic heterocycles. The third kappa shape index (κ3) is 4.17. The van der Waals surface area contributed by atoms with E-state index in [2.05, 4.69) is 29.5 Å². The molecule has 4 heteroatoms. The Hall–Kier alpha value is -0.800. The van der Waals surface area contributed by atoms with Crippen molar-refractivity contribution in [1.29, 1.82) is 0 Å². The van der Waals surface area contributed by atoms with E-state index >= 15 is 0 Å². The van der Waals surface area contributed by atoms with Gasteiger partial charge in [0.2, 0.25) is 0 Å². The molecule has 1 aromatic rings. The zero-order valence-corrected chi connectivity index (χ0v) is 11.2. The smallest absolute Gasteiger partial charge is 0.126 e. The summed E-state index contributed by atoms with van der Waals surface area (Å²) in [6.07, 6.45) is 4.32. The Bertz CT molecular complexity index is 375. The first kappa shape index (κ1) is 12.7. The summed E-state index contributed by atoms with van der Waals surface area (Å²) < 4.78 is 0. The van der Waals surface area contributed by atoms with E-state index in [9.17, 15) is 0 Å². The van der Waals surface area contributed by atoms with E-state index in [1.807, 2.05) is 6.07 Å². The summed E-state index contributed by atoms with van der Waals surface area (Å²) in [4.78, 5) is 4.28. The molecule has 0 saturated heterocycles. The van der Waals surface area contributed by atoms with Crippen LogP contribution in [0, 0.1) is 5.92 Å². The highest BCUT2D eigenvalue weighted by atomic mass is 35.5. The molecule has 2 N–H and O–H groups in total. The quantitative estimate of drug-likeness (QED) is 0.818. The molecule has 1 aliphatic carbocycles. The average molecular weight is 254 g/mol. The molecule has 1 saturated carbocycles. The fraction of sp³-hybridized carbons (Fsp3) is 0.615. The lowest BCUT2D eigenvalue weighted by molar-refractivity contribution is 0.681. The number of halogens is 1. The summed E-state index contributed by atoms with van der Waals surface area (Å²) in [7, 11) is 0. The van der Waals surface area contributed by atoms with Crippen LogP contribution in [0.15, 0.2) is 12.3 Å². The molecular formula is C13H20ClN3. The van der Waals surface area contributed by atoms with Crippen molar-refractivity contribution in [1.82, 2.24) is 10.3 Å². The van der Waals surface area contributed by atoms with Crippen LogP contribution in [-0.2, 0) is 6.54 Å². The molecule has 0 unspecified atom stereocenters. The third-order valence-electron chi connectivity index (χ3n) is 2.78. The van der Waals surface area contributed by atoms with Crippen LogP contribution in [0.1, 0.15) is 32.3 Å². The molecule has 1 aliphatic rings. The first-order chi connectivity index (χ1) is 8.15. The molecule has 0 radical (unpaired) electrons. The zero-order chi connectivity index (χ0) is 12.3. The second-order valence-electron chi connectivity index (χ2n) is 5.09. The Labute approximate surface area is 108 Å². The maximum atomic E-state index is 6.13. The van der Waals surface area contributed by atoms with E-state index in [1.54, 1.807) is 6.20 Å². The summed E-state index contributed by atoms with van der Waals surface area (Å²) in [5.41, 5.74) is 1.12. The first-order valence-corrected chi connectivity index (χ1v) is 6.64. The van der Waals surface area contributed by atoms with Gasteiger partial charge in [-0.15, -0.1) is 0 Å². The van der Waals surface area contributed by atoms with Gasteiger partial charge in [0.1, 0.15) is 5.82 Å². The highest BCUT2D eigenvalue weighted by molar-refractivity contribution is 6.31. The molecule has 0 aromatic carbocycles. The standard InChI is InChI=1S/C13H20ClN3/c1-9(2)6-16-13-5-10(12(14)8-17-13)7-15-11-3-4-11/h5,8-9,11,15H,3-4,6-7H2,1-2H3,(H,16,17). The van der Waals surface area contributed by atoms with Crippen LogP contribution < -0.4 is 10.6 Å². The van der Waals surface area contributed by atoms with Crippen LogP contribution in [-0.4, -0.2) is 17.6 Å². The van der Waals surface area contributed by atoms with Crippen LogP contribution >= 0.6 is 11.6 Å². The number of aromatic nitrogens is 1. The Morgan fingerprint density at radius 3 is 2.88 bits per heavy atom. The van der Waals surface area contributed by atoms with Gasteiger partial charge in [0.05, 0.1) is 5.02 Å². The Balaban J connectivity index is 1.94. The maximum absolute atomic E-state index is 6.13. The monoisotopic (exact) mass is 253 g/mol. The summed E-state index contributed by atoms with van der Waals surface area (Å²) in [5, 5.41) is 7.53. The third-order valence-corrected chi connectivity index (χ3v) is 3.12. The second kappa shape index (κ2) is 5.69. The van der Waals surface area contributed by atoms with Crippen molar-refractivity contribution in [3.8, 4) is 0 Å². The van der Waals surface area contributed by atoms with Crippen molar-refractivity contribution in [2.75, 3.05) is 11.9 Å². The summed E-state index contributed by atoms with van der Waals surface area (Å²) >= 11 is 6.13. The number of anilines is 1. The van der Waals surface area contributed by atoms with Gasteiger partial charge in [-0.25, -0.2) is 4.98 Å². The largest absolute Gasteiger partial charge is 0.370 e. The summed E-state index contributed by atoms with van der Waals surface area (Å²) in [6.45, 7) is 6.13. The van der Waals surface area contributed by atoms with Gasteiger partial charge in [-0.2, -0.15) is 0 Å². The van der Waals surface area contributed by atoms with Crippen LogP contribution in [0.25, 0.3) is 0 Å². The number of nitrogens with one attached hydrogen (secondary N) is 2. The Morgan fingerprint density at radius 1 is 1.47 bits per heavy atom.